The molecule has 1 unspecified atom stereocenters. The molecule has 0 radical (unpaired) electrons. The van der Waals surface area contributed by atoms with Crippen molar-refractivity contribution in [2.24, 2.45) is 0 Å². The third-order valence-electron chi connectivity index (χ3n) is 3.54. The molecule has 0 saturated heterocycles. The van der Waals surface area contributed by atoms with Gasteiger partial charge in [-0.05, 0) is 36.8 Å². The van der Waals surface area contributed by atoms with Crippen LogP contribution < -0.4 is 0 Å². The van der Waals surface area contributed by atoms with Gasteiger partial charge in [-0.15, -0.1) is 11.6 Å². The van der Waals surface area contributed by atoms with E-state index in [1.54, 1.807) is 30.9 Å². The van der Waals surface area contributed by atoms with Crippen LogP contribution in [0.25, 0.3) is 0 Å². The van der Waals surface area contributed by atoms with Gasteiger partial charge in [-0.3, -0.25) is 0 Å². The van der Waals surface area contributed by atoms with Gasteiger partial charge in [0.15, 0.2) is 0 Å². The van der Waals surface area contributed by atoms with E-state index in [1.165, 1.54) is 4.31 Å². The third-order valence-corrected chi connectivity index (χ3v) is 6.60. The van der Waals surface area contributed by atoms with Crippen molar-refractivity contribution >= 4 is 33.4 Å². The lowest BCUT2D eigenvalue weighted by molar-refractivity contribution is 0.385. The Hall–Kier alpha value is -0.230. The van der Waals surface area contributed by atoms with E-state index in [1.807, 2.05) is 26.2 Å². The van der Waals surface area contributed by atoms with Crippen LogP contribution in [0.3, 0.4) is 0 Å². The highest BCUT2D eigenvalue weighted by molar-refractivity contribution is 7.98. The van der Waals surface area contributed by atoms with Crippen molar-refractivity contribution in [1.29, 1.82) is 0 Å². The highest BCUT2D eigenvalue weighted by atomic mass is 35.5. The Kier molecular flexibility index (Phi) is 6.85. The lowest BCUT2D eigenvalue weighted by Gasteiger charge is -2.27. The zero-order valence-electron chi connectivity index (χ0n) is 12.4. The van der Waals surface area contributed by atoms with Gasteiger partial charge >= 0.3 is 0 Å². The molecule has 0 fully saturated rings. The first-order valence-corrected chi connectivity index (χ1v) is 9.88. The summed E-state index contributed by atoms with van der Waals surface area (Å²) in [5.41, 5.74) is 1.60. The summed E-state index contributed by atoms with van der Waals surface area (Å²) in [6.45, 7) is 3.82. The van der Waals surface area contributed by atoms with E-state index in [2.05, 4.69) is 0 Å². The minimum Gasteiger partial charge on any atom is -0.207 e. The standard InChI is InChI=1S/C14H22ClNO2S2/c1-5-13(10-19-4)16(3)20(17,18)14-8-6-7-12(9-15)11(14)2/h6-8,13H,5,9-10H2,1-4H3. The fraction of sp³-hybridized carbons (Fsp3) is 0.571. The maximum atomic E-state index is 12.8. The van der Waals surface area contributed by atoms with Crippen molar-refractivity contribution in [1.82, 2.24) is 4.31 Å². The molecular weight excluding hydrogens is 314 g/mol. The van der Waals surface area contributed by atoms with E-state index in [-0.39, 0.29) is 6.04 Å². The summed E-state index contributed by atoms with van der Waals surface area (Å²) in [5, 5.41) is 0. The van der Waals surface area contributed by atoms with Crippen molar-refractivity contribution in [2.75, 3.05) is 19.1 Å². The van der Waals surface area contributed by atoms with Crippen LogP contribution in [0.15, 0.2) is 23.1 Å². The predicted octanol–water partition coefficient (Wildman–Crippen LogP) is 3.50. The fourth-order valence-corrected chi connectivity index (χ4v) is 5.03. The number of hydrogen-bond donors (Lipinski definition) is 0. The Labute approximate surface area is 131 Å². The number of rotatable bonds is 7. The second-order valence-corrected chi connectivity index (χ2v) is 7.86. The van der Waals surface area contributed by atoms with Gasteiger partial charge < -0.3 is 0 Å². The molecule has 0 N–H and O–H groups in total. The smallest absolute Gasteiger partial charge is 0.207 e. The second-order valence-electron chi connectivity index (χ2n) is 4.71. The molecule has 1 aromatic rings. The molecule has 1 rings (SSSR count). The number of nitrogens with zero attached hydrogens (tertiary/aromatic N) is 1. The Morgan fingerprint density at radius 3 is 2.55 bits per heavy atom. The minimum atomic E-state index is -3.47. The van der Waals surface area contributed by atoms with Crippen LogP contribution in [0, 0.1) is 6.92 Å². The maximum absolute atomic E-state index is 12.8. The van der Waals surface area contributed by atoms with Gasteiger partial charge in [-0.1, -0.05) is 19.1 Å². The van der Waals surface area contributed by atoms with Gasteiger partial charge in [0.2, 0.25) is 10.0 Å². The SMILES string of the molecule is CCC(CSC)N(C)S(=O)(=O)c1cccc(CCl)c1C. The maximum Gasteiger partial charge on any atom is 0.243 e. The van der Waals surface area contributed by atoms with E-state index in [4.69, 9.17) is 11.6 Å². The summed E-state index contributed by atoms with van der Waals surface area (Å²) in [5.74, 6) is 1.11. The van der Waals surface area contributed by atoms with Crippen molar-refractivity contribution in [3.05, 3.63) is 29.3 Å². The quantitative estimate of drug-likeness (QED) is 0.716. The number of benzene rings is 1. The van der Waals surface area contributed by atoms with Gasteiger partial charge in [0.25, 0.3) is 0 Å². The Morgan fingerprint density at radius 1 is 1.40 bits per heavy atom. The molecule has 0 aliphatic rings. The summed E-state index contributed by atoms with van der Waals surface area (Å²) in [6.07, 6.45) is 2.79. The molecule has 0 bridgehead atoms. The van der Waals surface area contributed by atoms with Gasteiger partial charge in [0, 0.05) is 24.7 Å². The molecule has 0 amide bonds. The zero-order valence-corrected chi connectivity index (χ0v) is 14.8. The van der Waals surface area contributed by atoms with Crippen LogP contribution >= 0.6 is 23.4 Å². The minimum absolute atomic E-state index is 0.00839. The van der Waals surface area contributed by atoms with E-state index < -0.39 is 10.0 Å². The molecule has 0 saturated carbocycles. The lowest BCUT2D eigenvalue weighted by atomic mass is 10.1. The van der Waals surface area contributed by atoms with E-state index in [0.29, 0.717) is 10.8 Å². The van der Waals surface area contributed by atoms with Crippen LogP contribution in [-0.4, -0.2) is 37.8 Å². The monoisotopic (exact) mass is 335 g/mol. The lowest BCUT2D eigenvalue weighted by Crippen LogP contribution is -2.38. The van der Waals surface area contributed by atoms with Gasteiger partial charge in [-0.25, -0.2) is 8.42 Å². The molecule has 3 nitrogen and oxygen atoms in total. The topological polar surface area (TPSA) is 37.4 Å². The van der Waals surface area contributed by atoms with Crippen molar-refractivity contribution in [3.8, 4) is 0 Å². The average molecular weight is 336 g/mol. The number of hydrogen-bond acceptors (Lipinski definition) is 3. The van der Waals surface area contributed by atoms with Gasteiger partial charge in [0.1, 0.15) is 0 Å². The van der Waals surface area contributed by atoms with Crippen LogP contribution in [0.5, 0.6) is 0 Å². The number of thioether (sulfide) groups is 1. The molecule has 114 valence electrons. The fourth-order valence-electron chi connectivity index (χ4n) is 2.11. The zero-order chi connectivity index (χ0) is 15.3. The summed E-state index contributed by atoms with van der Waals surface area (Å²) < 4.78 is 27.0. The van der Waals surface area contributed by atoms with Crippen molar-refractivity contribution in [3.63, 3.8) is 0 Å². The van der Waals surface area contributed by atoms with E-state index >= 15 is 0 Å². The molecular formula is C14H22ClNO2S2. The highest BCUT2D eigenvalue weighted by Crippen LogP contribution is 2.25. The van der Waals surface area contributed by atoms with Gasteiger partial charge in [0.05, 0.1) is 4.90 Å². The summed E-state index contributed by atoms with van der Waals surface area (Å²) in [4.78, 5) is 0.359. The number of halogens is 1. The number of sulfonamides is 1. The molecule has 6 heteroatoms. The van der Waals surface area contributed by atoms with Crippen molar-refractivity contribution < 1.29 is 8.42 Å². The highest BCUT2D eigenvalue weighted by Gasteiger charge is 2.28. The summed E-state index contributed by atoms with van der Waals surface area (Å²) >= 11 is 7.52. The van der Waals surface area contributed by atoms with Gasteiger partial charge in [-0.2, -0.15) is 16.1 Å². The predicted molar refractivity (Wildman–Crippen MR) is 88.1 cm³/mol. The summed E-state index contributed by atoms with van der Waals surface area (Å²) in [7, 11) is -1.82. The average Bonchev–Trinajstić information content (AvgIpc) is 2.44. The number of alkyl halides is 1. The van der Waals surface area contributed by atoms with Crippen LogP contribution in [0.1, 0.15) is 24.5 Å². The molecule has 1 atom stereocenters. The first-order valence-electron chi connectivity index (χ1n) is 6.51. The molecule has 1 aromatic carbocycles. The third kappa shape index (κ3) is 3.70. The van der Waals surface area contributed by atoms with E-state index in [0.717, 1.165) is 23.3 Å². The Morgan fingerprint density at radius 2 is 2.05 bits per heavy atom. The van der Waals surface area contributed by atoms with Crippen LogP contribution in [0.2, 0.25) is 0 Å². The second kappa shape index (κ2) is 7.69. The van der Waals surface area contributed by atoms with E-state index in [9.17, 15) is 8.42 Å². The Bertz CT molecular complexity index is 546. The first kappa shape index (κ1) is 17.8. The van der Waals surface area contributed by atoms with Crippen molar-refractivity contribution in [2.45, 2.75) is 37.1 Å². The molecule has 20 heavy (non-hydrogen) atoms. The molecule has 0 heterocycles. The summed E-state index contributed by atoms with van der Waals surface area (Å²) in [6, 6.07) is 5.28. The molecule has 0 aromatic heterocycles. The molecule has 0 spiro atoms. The first-order chi connectivity index (χ1) is 9.39. The normalized spacial score (nSPS) is 13.7. The Balaban J connectivity index is 3.22. The molecule has 0 aliphatic carbocycles. The van der Waals surface area contributed by atoms with Crippen LogP contribution in [0.4, 0.5) is 0 Å². The van der Waals surface area contributed by atoms with Crippen LogP contribution in [-0.2, 0) is 15.9 Å². The molecule has 0 aliphatic heterocycles. The largest absolute Gasteiger partial charge is 0.243 e.